The molecule has 0 aliphatic rings. The highest BCUT2D eigenvalue weighted by atomic mass is 35.5. The van der Waals surface area contributed by atoms with Crippen molar-refractivity contribution in [3.8, 4) is 0 Å². The molecule has 3 aromatic rings. The summed E-state index contributed by atoms with van der Waals surface area (Å²) in [5.74, 6) is -0.822. The number of nitrogens with one attached hydrogen (secondary N) is 1. The van der Waals surface area contributed by atoms with Crippen molar-refractivity contribution in [2.24, 2.45) is 0 Å². The molecular weight excluding hydrogens is 557 g/mol. The second-order valence-corrected chi connectivity index (χ2v) is 11.8. The van der Waals surface area contributed by atoms with E-state index in [1.165, 1.54) is 23.1 Å². The van der Waals surface area contributed by atoms with Crippen LogP contribution in [0.2, 0.25) is 10.0 Å². The second-order valence-electron chi connectivity index (χ2n) is 9.12. The third kappa shape index (κ3) is 7.75. The van der Waals surface area contributed by atoms with Gasteiger partial charge in [0, 0.05) is 23.1 Å². The molecule has 0 saturated carbocycles. The summed E-state index contributed by atoms with van der Waals surface area (Å²) in [4.78, 5) is 28.6. The average molecular weight is 591 g/mol. The molecule has 0 unspecified atom stereocenters. The molecule has 208 valence electrons. The van der Waals surface area contributed by atoms with Gasteiger partial charge in [-0.05, 0) is 67.3 Å². The zero-order chi connectivity index (χ0) is 28.6. The Bertz CT molecular complexity index is 1380. The fraction of sp³-hybridized carbons (Fsp3) is 0.310. The summed E-state index contributed by atoms with van der Waals surface area (Å²) in [5, 5.41) is 3.78. The lowest BCUT2D eigenvalue weighted by molar-refractivity contribution is -0.140. The van der Waals surface area contributed by atoms with E-state index in [0.29, 0.717) is 23.0 Å². The van der Waals surface area contributed by atoms with E-state index in [2.05, 4.69) is 5.32 Å². The zero-order valence-electron chi connectivity index (χ0n) is 22.2. The molecule has 3 aromatic carbocycles. The number of carbonyl (C=O) groups is 2. The van der Waals surface area contributed by atoms with Gasteiger partial charge in [0.05, 0.1) is 10.6 Å². The van der Waals surface area contributed by atoms with E-state index in [0.717, 1.165) is 21.9 Å². The lowest BCUT2D eigenvalue weighted by atomic mass is 10.1. The first-order valence-electron chi connectivity index (χ1n) is 12.7. The quantitative estimate of drug-likeness (QED) is 0.288. The summed E-state index contributed by atoms with van der Waals surface area (Å²) >= 11 is 12.4. The summed E-state index contributed by atoms with van der Waals surface area (Å²) in [6, 6.07) is 18.9. The second kappa shape index (κ2) is 13.8. The summed E-state index contributed by atoms with van der Waals surface area (Å²) in [5.41, 5.74) is 1.77. The monoisotopic (exact) mass is 589 g/mol. The largest absolute Gasteiger partial charge is 0.354 e. The van der Waals surface area contributed by atoms with E-state index in [1.807, 2.05) is 20.8 Å². The molecule has 0 aliphatic heterocycles. The van der Waals surface area contributed by atoms with Crippen LogP contribution in [-0.2, 0) is 26.2 Å². The van der Waals surface area contributed by atoms with Crippen molar-refractivity contribution in [2.75, 3.05) is 17.4 Å². The maximum absolute atomic E-state index is 14.0. The number of rotatable bonds is 12. The van der Waals surface area contributed by atoms with Crippen LogP contribution < -0.4 is 9.62 Å². The molecule has 0 fully saturated rings. The van der Waals surface area contributed by atoms with E-state index >= 15 is 0 Å². The van der Waals surface area contributed by atoms with Crippen LogP contribution in [0.3, 0.4) is 0 Å². The van der Waals surface area contributed by atoms with Gasteiger partial charge in [-0.2, -0.15) is 0 Å². The molecule has 0 saturated heterocycles. The first-order chi connectivity index (χ1) is 18.6. The number of hydrogen-bond donors (Lipinski definition) is 1. The Morgan fingerprint density at radius 1 is 0.949 bits per heavy atom. The minimum absolute atomic E-state index is 0.0338. The van der Waals surface area contributed by atoms with Gasteiger partial charge in [0.1, 0.15) is 12.6 Å². The van der Waals surface area contributed by atoms with Gasteiger partial charge in [-0.25, -0.2) is 8.42 Å². The van der Waals surface area contributed by atoms with E-state index in [1.54, 1.807) is 54.6 Å². The van der Waals surface area contributed by atoms with Crippen LogP contribution in [0.5, 0.6) is 0 Å². The van der Waals surface area contributed by atoms with Gasteiger partial charge in [0.15, 0.2) is 0 Å². The number of benzene rings is 3. The number of anilines is 1. The Hall–Kier alpha value is -3.07. The summed E-state index contributed by atoms with van der Waals surface area (Å²) in [6.45, 7) is 5.60. The Morgan fingerprint density at radius 3 is 2.21 bits per heavy atom. The smallest absolute Gasteiger partial charge is 0.264 e. The molecule has 0 bridgehead atoms. The molecule has 2 amide bonds. The number of halogens is 2. The topological polar surface area (TPSA) is 86.8 Å². The first-order valence-corrected chi connectivity index (χ1v) is 14.9. The van der Waals surface area contributed by atoms with Gasteiger partial charge in [-0.1, -0.05) is 73.4 Å². The van der Waals surface area contributed by atoms with Gasteiger partial charge in [-0.15, -0.1) is 0 Å². The van der Waals surface area contributed by atoms with Gasteiger partial charge in [-0.3, -0.25) is 13.9 Å². The molecule has 0 aliphatic carbocycles. The van der Waals surface area contributed by atoms with Crippen molar-refractivity contribution in [1.82, 2.24) is 10.2 Å². The predicted octanol–water partition coefficient (Wildman–Crippen LogP) is 5.83. The molecule has 7 nitrogen and oxygen atoms in total. The van der Waals surface area contributed by atoms with Gasteiger partial charge in [0.2, 0.25) is 11.8 Å². The van der Waals surface area contributed by atoms with Crippen LogP contribution in [0.15, 0.2) is 77.7 Å². The third-order valence-electron chi connectivity index (χ3n) is 6.25. The number of aryl methyl sites for hydroxylation is 1. The summed E-state index contributed by atoms with van der Waals surface area (Å²) in [7, 11) is -4.15. The highest BCUT2D eigenvalue weighted by Crippen LogP contribution is 2.28. The molecule has 1 N–H and O–H groups in total. The molecule has 39 heavy (non-hydrogen) atoms. The molecule has 0 spiro atoms. The molecule has 0 radical (unpaired) electrons. The maximum atomic E-state index is 14.0. The van der Waals surface area contributed by atoms with Gasteiger partial charge in [0.25, 0.3) is 10.0 Å². The lowest BCUT2D eigenvalue weighted by Gasteiger charge is -2.33. The Morgan fingerprint density at radius 2 is 1.62 bits per heavy atom. The Balaban J connectivity index is 2.06. The van der Waals surface area contributed by atoms with Crippen LogP contribution in [0.4, 0.5) is 5.69 Å². The van der Waals surface area contributed by atoms with Crippen LogP contribution in [0.25, 0.3) is 0 Å². The molecule has 0 aromatic heterocycles. The zero-order valence-corrected chi connectivity index (χ0v) is 24.6. The normalized spacial score (nSPS) is 12.0. The maximum Gasteiger partial charge on any atom is 0.264 e. The van der Waals surface area contributed by atoms with E-state index in [-0.39, 0.29) is 23.0 Å². The SMILES string of the molecule is CCCNC(=O)[C@@H](CC)N(Cc1ccc(Cl)cc1)C(=O)CN(c1ccc(C)c(Cl)c1)S(=O)(=O)c1ccccc1. The number of sulfonamides is 1. The Kier molecular flexibility index (Phi) is 10.8. The van der Waals surface area contributed by atoms with Crippen LogP contribution in [0.1, 0.15) is 37.8 Å². The highest BCUT2D eigenvalue weighted by Gasteiger charge is 2.33. The molecule has 3 rings (SSSR count). The number of hydrogen-bond acceptors (Lipinski definition) is 4. The minimum Gasteiger partial charge on any atom is -0.354 e. The van der Waals surface area contributed by atoms with Crippen LogP contribution in [-0.4, -0.2) is 44.3 Å². The molecular formula is C29H33Cl2N3O4S. The van der Waals surface area contributed by atoms with Crippen LogP contribution >= 0.6 is 23.2 Å². The Labute approximate surface area is 240 Å². The lowest BCUT2D eigenvalue weighted by Crippen LogP contribution is -2.52. The molecule has 1 atom stereocenters. The number of carbonyl (C=O) groups excluding carboxylic acids is 2. The number of nitrogens with zero attached hydrogens (tertiary/aromatic N) is 2. The van der Waals surface area contributed by atoms with Gasteiger partial charge < -0.3 is 10.2 Å². The van der Waals surface area contributed by atoms with E-state index in [9.17, 15) is 18.0 Å². The fourth-order valence-corrected chi connectivity index (χ4v) is 5.79. The van der Waals surface area contributed by atoms with Crippen molar-refractivity contribution in [2.45, 2.75) is 51.1 Å². The third-order valence-corrected chi connectivity index (χ3v) is 8.70. The highest BCUT2D eigenvalue weighted by molar-refractivity contribution is 7.92. The van der Waals surface area contributed by atoms with Crippen molar-refractivity contribution in [1.29, 1.82) is 0 Å². The van der Waals surface area contributed by atoms with Crippen LogP contribution in [0, 0.1) is 6.92 Å². The van der Waals surface area contributed by atoms with Crippen molar-refractivity contribution >= 4 is 50.7 Å². The predicted molar refractivity (Wildman–Crippen MR) is 157 cm³/mol. The first kappa shape index (κ1) is 30.5. The standard InChI is InChI=1S/C29H33Cl2N3O4S/c1-4-17-32-29(36)27(5-2)33(19-22-12-14-23(30)15-13-22)28(35)20-34(24-16-11-21(3)26(31)18-24)39(37,38)25-9-7-6-8-10-25/h6-16,18,27H,4-5,17,19-20H2,1-3H3,(H,32,36)/t27-/m1/s1. The van der Waals surface area contributed by atoms with Crippen molar-refractivity contribution in [3.63, 3.8) is 0 Å². The molecule has 10 heteroatoms. The van der Waals surface area contributed by atoms with Crippen molar-refractivity contribution < 1.29 is 18.0 Å². The van der Waals surface area contributed by atoms with E-state index in [4.69, 9.17) is 23.2 Å². The minimum atomic E-state index is -4.15. The fourth-order valence-electron chi connectivity index (χ4n) is 4.06. The summed E-state index contributed by atoms with van der Waals surface area (Å²) in [6.07, 6.45) is 1.08. The van der Waals surface area contributed by atoms with Crippen molar-refractivity contribution in [3.05, 3.63) is 94.0 Å². The molecule has 0 heterocycles. The van der Waals surface area contributed by atoms with E-state index < -0.39 is 28.5 Å². The number of amides is 2. The average Bonchev–Trinajstić information content (AvgIpc) is 2.93. The summed E-state index contributed by atoms with van der Waals surface area (Å²) < 4.78 is 28.7. The van der Waals surface area contributed by atoms with Gasteiger partial charge >= 0.3 is 0 Å².